The smallest absolute Gasteiger partial charge is 0.0947 e. The summed E-state index contributed by atoms with van der Waals surface area (Å²) in [4.78, 5) is 2.53. The Morgan fingerprint density at radius 1 is 1.26 bits per heavy atom. The van der Waals surface area contributed by atoms with Crippen LogP contribution in [0.5, 0.6) is 0 Å². The summed E-state index contributed by atoms with van der Waals surface area (Å²) in [5, 5.41) is 3.58. The molecule has 2 aromatic rings. The molecule has 0 aliphatic carbocycles. The summed E-state index contributed by atoms with van der Waals surface area (Å²) >= 11 is 0. The fourth-order valence-corrected chi connectivity index (χ4v) is 2.78. The minimum absolute atomic E-state index is 0.437. The molecule has 1 saturated heterocycles. The molecule has 0 saturated carbocycles. The van der Waals surface area contributed by atoms with Gasteiger partial charge in [-0.1, -0.05) is 30.3 Å². The lowest BCUT2D eigenvalue weighted by Crippen LogP contribution is -2.50. The summed E-state index contributed by atoms with van der Waals surface area (Å²) in [6.45, 7) is 5.25. The van der Waals surface area contributed by atoms with Crippen LogP contribution < -0.4 is 5.32 Å². The van der Waals surface area contributed by atoms with Crippen LogP contribution in [0.15, 0.2) is 53.3 Å². The second kappa shape index (κ2) is 5.59. The molecule has 0 bridgehead atoms. The van der Waals surface area contributed by atoms with E-state index in [1.807, 2.05) is 6.26 Å². The summed E-state index contributed by atoms with van der Waals surface area (Å²) in [5.41, 5.74) is 2.63. The van der Waals surface area contributed by atoms with Crippen LogP contribution in [0, 0.1) is 0 Å². The monoisotopic (exact) mass is 256 g/mol. The van der Waals surface area contributed by atoms with Crippen LogP contribution >= 0.6 is 0 Å². The molecule has 0 amide bonds. The van der Waals surface area contributed by atoms with E-state index in [1.54, 1.807) is 6.26 Å². The van der Waals surface area contributed by atoms with E-state index in [0.29, 0.717) is 12.1 Å². The first-order valence-corrected chi connectivity index (χ1v) is 6.86. The van der Waals surface area contributed by atoms with E-state index in [-0.39, 0.29) is 0 Å². The molecule has 19 heavy (non-hydrogen) atoms. The molecule has 1 fully saturated rings. The summed E-state index contributed by atoms with van der Waals surface area (Å²) in [6, 6.07) is 13.7. The van der Waals surface area contributed by atoms with Crippen LogP contribution in [0.1, 0.15) is 24.1 Å². The number of hydrogen-bond donors (Lipinski definition) is 1. The maximum Gasteiger partial charge on any atom is 0.0947 e. The van der Waals surface area contributed by atoms with Gasteiger partial charge in [0.05, 0.1) is 12.5 Å². The highest BCUT2D eigenvalue weighted by atomic mass is 16.3. The Kier molecular flexibility index (Phi) is 3.67. The molecular weight excluding hydrogens is 236 g/mol. The van der Waals surface area contributed by atoms with E-state index in [1.165, 1.54) is 11.1 Å². The van der Waals surface area contributed by atoms with Gasteiger partial charge in [0.1, 0.15) is 0 Å². The molecule has 1 N–H and O–H groups in total. The van der Waals surface area contributed by atoms with Crippen LogP contribution in [-0.4, -0.2) is 24.0 Å². The lowest BCUT2D eigenvalue weighted by atomic mass is 10.0. The predicted octanol–water partition coefficient (Wildman–Crippen LogP) is 2.81. The van der Waals surface area contributed by atoms with Gasteiger partial charge in [-0.15, -0.1) is 0 Å². The van der Waals surface area contributed by atoms with Crippen molar-refractivity contribution in [3.05, 3.63) is 60.1 Å². The Balaban J connectivity index is 1.80. The summed E-state index contributed by atoms with van der Waals surface area (Å²) < 4.78 is 5.18. The number of nitrogens with one attached hydrogen (secondary N) is 1. The molecule has 0 radical (unpaired) electrons. The van der Waals surface area contributed by atoms with Crippen molar-refractivity contribution in [2.24, 2.45) is 0 Å². The van der Waals surface area contributed by atoms with Crippen molar-refractivity contribution in [1.29, 1.82) is 0 Å². The first kappa shape index (κ1) is 12.5. The minimum atomic E-state index is 0.437. The van der Waals surface area contributed by atoms with Crippen LogP contribution in [0.4, 0.5) is 0 Å². The van der Waals surface area contributed by atoms with E-state index in [2.05, 4.69) is 53.5 Å². The van der Waals surface area contributed by atoms with Gasteiger partial charge in [-0.3, -0.25) is 4.90 Å². The third-order valence-corrected chi connectivity index (χ3v) is 3.76. The van der Waals surface area contributed by atoms with E-state index in [4.69, 9.17) is 4.42 Å². The number of nitrogens with zero attached hydrogens (tertiary/aromatic N) is 1. The summed E-state index contributed by atoms with van der Waals surface area (Å²) in [7, 11) is 0. The Labute approximate surface area is 114 Å². The maximum atomic E-state index is 5.18. The standard InChI is InChI=1S/C16H20N2O/c1-13-10-18(11-14-7-8-19-12-14)16(9-17-13)15-5-3-2-4-6-15/h2-8,12-13,16-17H,9-11H2,1H3. The minimum Gasteiger partial charge on any atom is -0.472 e. The van der Waals surface area contributed by atoms with Gasteiger partial charge in [-0.05, 0) is 18.6 Å². The molecule has 3 nitrogen and oxygen atoms in total. The van der Waals surface area contributed by atoms with Crippen molar-refractivity contribution >= 4 is 0 Å². The zero-order valence-electron chi connectivity index (χ0n) is 11.3. The van der Waals surface area contributed by atoms with Gasteiger partial charge in [0, 0.05) is 37.3 Å². The molecule has 0 spiro atoms. The second-order valence-electron chi connectivity index (χ2n) is 5.30. The highest BCUT2D eigenvalue weighted by Crippen LogP contribution is 2.25. The number of piperazine rings is 1. The van der Waals surface area contributed by atoms with Gasteiger partial charge in [0.2, 0.25) is 0 Å². The van der Waals surface area contributed by atoms with Gasteiger partial charge < -0.3 is 9.73 Å². The highest BCUT2D eigenvalue weighted by molar-refractivity contribution is 5.21. The topological polar surface area (TPSA) is 28.4 Å². The first-order chi connectivity index (χ1) is 9.33. The van der Waals surface area contributed by atoms with Crippen molar-refractivity contribution < 1.29 is 4.42 Å². The maximum absolute atomic E-state index is 5.18. The van der Waals surface area contributed by atoms with Crippen molar-refractivity contribution in [3.8, 4) is 0 Å². The third kappa shape index (κ3) is 2.88. The molecule has 3 heteroatoms. The average Bonchev–Trinajstić information content (AvgIpc) is 2.93. The van der Waals surface area contributed by atoms with Gasteiger partial charge in [-0.25, -0.2) is 0 Å². The fraction of sp³-hybridized carbons (Fsp3) is 0.375. The second-order valence-corrected chi connectivity index (χ2v) is 5.30. The van der Waals surface area contributed by atoms with Gasteiger partial charge >= 0.3 is 0 Å². The van der Waals surface area contributed by atoms with Gasteiger partial charge in [0.25, 0.3) is 0 Å². The van der Waals surface area contributed by atoms with Gasteiger partial charge in [0.15, 0.2) is 0 Å². The number of benzene rings is 1. The Morgan fingerprint density at radius 2 is 2.11 bits per heavy atom. The summed E-state index contributed by atoms with van der Waals surface area (Å²) in [5.74, 6) is 0. The highest BCUT2D eigenvalue weighted by Gasteiger charge is 2.26. The predicted molar refractivity (Wildman–Crippen MR) is 75.8 cm³/mol. The van der Waals surface area contributed by atoms with Crippen LogP contribution in [0.25, 0.3) is 0 Å². The van der Waals surface area contributed by atoms with Crippen LogP contribution in [0.2, 0.25) is 0 Å². The van der Waals surface area contributed by atoms with E-state index in [0.717, 1.165) is 19.6 Å². The fourth-order valence-electron chi connectivity index (χ4n) is 2.78. The molecule has 1 aliphatic heterocycles. The lowest BCUT2D eigenvalue weighted by molar-refractivity contribution is 0.127. The largest absolute Gasteiger partial charge is 0.472 e. The molecule has 2 unspecified atom stereocenters. The number of hydrogen-bond acceptors (Lipinski definition) is 3. The van der Waals surface area contributed by atoms with Crippen molar-refractivity contribution in [2.75, 3.05) is 13.1 Å². The number of rotatable bonds is 3. The first-order valence-electron chi connectivity index (χ1n) is 6.86. The zero-order chi connectivity index (χ0) is 13.1. The zero-order valence-corrected chi connectivity index (χ0v) is 11.3. The van der Waals surface area contributed by atoms with Crippen molar-refractivity contribution in [2.45, 2.75) is 25.6 Å². The molecule has 3 rings (SSSR count). The van der Waals surface area contributed by atoms with Crippen LogP contribution in [-0.2, 0) is 6.54 Å². The van der Waals surface area contributed by atoms with E-state index >= 15 is 0 Å². The Morgan fingerprint density at radius 3 is 2.84 bits per heavy atom. The molecule has 100 valence electrons. The van der Waals surface area contributed by atoms with Crippen LogP contribution in [0.3, 0.4) is 0 Å². The van der Waals surface area contributed by atoms with E-state index in [9.17, 15) is 0 Å². The van der Waals surface area contributed by atoms with Gasteiger partial charge in [-0.2, -0.15) is 0 Å². The summed E-state index contributed by atoms with van der Waals surface area (Å²) in [6.07, 6.45) is 3.59. The third-order valence-electron chi connectivity index (χ3n) is 3.76. The average molecular weight is 256 g/mol. The van der Waals surface area contributed by atoms with Crippen molar-refractivity contribution in [3.63, 3.8) is 0 Å². The molecule has 2 atom stereocenters. The quantitative estimate of drug-likeness (QED) is 0.915. The molecule has 1 aromatic carbocycles. The van der Waals surface area contributed by atoms with Crippen molar-refractivity contribution in [1.82, 2.24) is 10.2 Å². The lowest BCUT2D eigenvalue weighted by Gasteiger charge is -2.39. The Hall–Kier alpha value is -1.58. The molecular formula is C16H20N2O. The Bertz CT molecular complexity index is 495. The normalized spacial score (nSPS) is 24.5. The number of furan rings is 1. The van der Waals surface area contributed by atoms with E-state index < -0.39 is 0 Å². The molecule has 1 aliphatic rings. The molecule has 2 heterocycles. The molecule has 1 aromatic heterocycles. The SMILES string of the molecule is CC1CN(Cc2ccoc2)C(c2ccccc2)CN1.